The Morgan fingerprint density at radius 1 is 0.424 bits per heavy atom. The third kappa shape index (κ3) is 5.36. The summed E-state index contributed by atoms with van der Waals surface area (Å²) in [6.07, 6.45) is 0. The molecule has 0 bridgehead atoms. The van der Waals surface area contributed by atoms with Crippen LogP contribution in [0.3, 0.4) is 0 Å². The number of hydrogen-bond acceptors (Lipinski definition) is 2. The van der Waals surface area contributed by atoms with Crippen LogP contribution in [0.25, 0.3) is 22.3 Å². The second kappa shape index (κ2) is 9.81. The molecule has 5 aromatic carbocycles. The lowest BCUT2D eigenvalue weighted by Crippen LogP contribution is -1.85. The summed E-state index contributed by atoms with van der Waals surface area (Å²) in [6, 6.07) is 44.2. The van der Waals surface area contributed by atoms with Gasteiger partial charge in [0.05, 0.1) is 0 Å². The van der Waals surface area contributed by atoms with Crippen LogP contribution in [-0.2, 0) is 0 Å². The Hall–Kier alpha value is -3.75. The van der Waals surface area contributed by atoms with E-state index in [1.165, 1.54) is 37.6 Å². The lowest BCUT2D eigenvalue weighted by atomic mass is 10.0. The zero-order valence-corrected chi connectivity index (χ0v) is 19.3. The molecule has 33 heavy (non-hydrogen) atoms. The first-order valence-electron chi connectivity index (χ1n) is 11.0. The molecule has 0 saturated heterocycles. The molecule has 2 heteroatoms. The first kappa shape index (κ1) is 21.1. The van der Waals surface area contributed by atoms with Crippen LogP contribution in [-0.4, -0.2) is 0 Å². The Morgan fingerprint density at radius 3 is 1.30 bits per heavy atom. The van der Waals surface area contributed by atoms with Crippen LogP contribution in [0.15, 0.2) is 137 Å². The molecule has 0 N–H and O–H groups in total. The molecule has 5 rings (SSSR count). The van der Waals surface area contributed by atoms with Gasteiger partial charge < -0.3 is 4.74 Å². The standard InChI is InChI=1S/C31H24OS/c1-23-7-9-24(10-8-23)25-11-17-28(18-12-25)32-29-19-13-26(14-20-29)27-15-21-31(22-16-27)33-30-5-3-2-4-6-30/h2-22H,1H3. The highest BCUT2D eigenvalue weighted by Crippen LogP contribution is 2.31. The van der Waals surface area contributed by atoms with Gasteiger partial charge in [-0.25, -0.2) is 0 Å². The van der Waals surface area contributed by atoms with Gasteiger partial charge in [0.1, 0.15) is 11.5 Å². The van der Waals surface area contributed by atoms with E-state index >= 15 is 0 Å². The molecule has 160 valence electrons. The van der Waals surface area contributed by atoms with Crippen LogP contribution in [0.1, 0.15) is 5.56 Å². The largest absolute Gasteiger partial charge is 0.457 e. The lowest BCUT2D eigenvalue weighted by molar-refractivity contribution is 0.483. The first-order chi connectivity index (χ1) is 16.2. The van der Waals surface area contributed by atoms with Crippen molar-refractivity contribution in [2.24, 2.45) is 0 Å². The monoisotopic (exact) mass is 444 g/mol. The van der Waals surface area contributed by atoms with Crippen molar-refractivity contribution < 1.29 is 4.74 Å². The van der Waals surface area contributed by atoms with Gasteiger partial charge in [-0.15, -0.1) is 0 Å². The van der Waals surface area contributed by atoms with Gasteiger partial charge in [0.25, 0.3) is 0 Å². The second-order valence-corrected chi connectivity index (χ2v) is 9.10. The number of rotatable bonds is 6. The molecule has 0 aliphatic carbocycles. The summed E-state index contributed by atoms with van der Waals surface area (Å²) in [7, 11) is 0. The zero-order valence-electron chi connectivity index (χ0n) is 18.4. The third-order valence-corrected chi connectivity index (χ3v) is 6.51. The van der Waals surface area contributed by atoms with E-state index in [2.05, 4.69) is 104 Å². The Kier molecular flexibility index (Phi) is 6.27. The van der Waals surface area contributed by atoms with E-state index < -0.39 is 0 Å². The van der Waals surface area contributed by atoms with Crippen molar-refractivity contribution in [1.29, 1.82) is 0 Å². The molecule has 0 aliphatic rings. The number of ether oxygens (including phenoxy) is 1. The van der Waals surface area contributed by atoms with E-state index in [4.69, 9.17) is 4.74 Å². The highest BCUT2D eigenvalue weighted by atomic mass is 32.2. The van der Waals surface area contributed by atoms with Gasteiger partial charge in [0.15, 0.2) is 0 Å². The van der Waals surface area contributed by atoms with Crippen LogP contribution < -0.4 is 4.74 Å². The fourth-order valence-corrected chi connectivity index (χ4v) is 4.49. The minimum Gasteiger partial charge on any atom is -0.457 e. The topological polar surface area (TPSA) is 9.23 Å². The normalized spacial score (nSPS) is 10.7. The van der Waals surface area contributed by atoms with Crippen LogP contribution >= 0.6 is 11.8 Å². The van der Waals surface area contributed by atoms with Crippen LogP contribution in [0.4, 0.5) is 0 Å². The van der Waals surface area contributed by atoms with E-state index in [1.54, 1.807) is 11.8 Å². The van der Waals surface area contributed by atoms with Crippen molar-refractivity contribution >= 4 is 11.8 Å². The molecule has 0 amide bonds. The van der Waals surface area contributed by atoms with Crippen molar-refractivity contribution in [2.75, 3.05) is 0 Å². The van der Waals surface area contributed by atoms with Gasteiger partial charge in [0.2, 0.25) is 0 Å². The van der Waals surface area contributed by atoms with Crippen LogP contribution in [0.5, 0.6) is 11.5 Å². The molecule has 0 fully saturated rings. The van der Waals surface area contributed by atoms with Crippen molar-refractivity contribution in [3.8, 4) is 33.8 Å². The molecular weight excluding hydrogens is 420 g/mol. The number of benzene rings is 5. The van der Waals surface area contributed by atoms with Crippen molar-refractivity contribution in [3.63, 3.8) is 0 Å². The zero-order chi connectivity index (χ0) is 22.5. The average molecular weight is 445 g/mol. The Labute approximate surface area is 199 Å². The minimum absolute atomic E-state index is 0.832. The minimum atomic E-state index is 0.832. The highest BCUT2D eigenvalue weighted by molar-refractivity contribution is 7.99. The summed E-state index contributed by atoms with van der Waals surface area (Å²) in [6.45, 7) is 2.10. The summed E-state index contributed by atoms with van der Waals surface area (Å²) in [5, 5.41) is 0. The average Bonchev–Trinajstić information content (AvgIpc) is 2.87. The molecule has 0 aromatic heterocycles. The molecule has 0 aliphatic heterocycles. The van der Waals surface area contributed by atoms with Crippen molar-refractivity contribution in [3.05, 3.63) is 133 Å². The number of aryl methyl sites for hydroxylation is 1. The Balaban J connectivity index is 1.23. The SMILES string of the molecule is Cc1ccc(-c2ccc(Oc3ccc(-c4ccc(Sc5ccccc5)cc4)cc3)cc2)cc1. The van der Waals surface area contributed by atoms with Crippen molar-refractivity contribution in [1.82, 2.24) is 0 Å². The van der Waals surface area contributed by atoms with Crippen molar-refractivity contribution in [2.45, 2.75) is 16.7 Å². The fraction of sp³-hybridized carbons (Fsp3) is 0.0323. The third-order valence-electron chi connectivity index (χ3n) is 5.50. The predicted octanol–water partition coefficient (Wildman–Crippen LogP) is 9.27. The Morgan fingerprint density at radius 2 is 0.818 bits per heavy atom. The van der Waals surface area contributed by atoms with Gasteiger partial charge in [-0.2, -0.15) is 0 Å². The van der Waals surface area contributed by atoms with E-state index in [-0.39, 0.29) is 0 Å². The quantitative estimate of drug-likeness (QED) is 0.258. The van der Waals surface area contributed by atoms with Gasteiger partial charge in [0, 0.05) is 9.79 Å². The predicted molar refractivity (Wildman–Crippen MR) is 139 cm³/mol. The molecule has 0 heterocycles. The van der Waals surface area contributed by atoms with Crippen LogP contribution in [0, 0.1) is 6.92 Å². The second-order valence-electron chi connectivity index (χ2n) is 7.96. The summed E-state index contributed by atoms with van der Waals surface area (Å²) in [5.41, 5.74) is 6.04. The van der Waals surface area contributed by atoms with E-state index in [9.17, 15) is 0 Å². The maximum Gasteiger partial charge on any atom is 0.127 e. The molecule has 0 radical (unpaired) electrons. The van der Waals surface area contributed by atoms with E-state index in [0.29, 0.717) is 0 Å². The summed E-state index contributed by atoms with van der Waals surface area (Å²) < 4.78 is 6.06. The summed E-state index contributed by atoms with van der Waals surface area (Å²) in [5.74, 6) is 1.67. The fourth-order valence-electron chi connectivity index (χ4n) is 3.65. The van der Waals surface area contributed by atoms with Gasteiger partial charge in [-0.3, -0.25) is 0 Å². The Bertz CT molecular complexity index is 1310. The highest BCUT2D eigenvalue weighted by Gasteiger charge is 2.03. The number of hydrogen-bond donors (Lipinski definition) is 0. The van der Waals surface area contributed by atoms with E-state index in [1.807, 2.05) is 30.3 Å². The molecule has 0 atom stereocenters. The van der Waals surface area contributed by atoms with Gasteiger partial charge in [-0.05, 0) is 77.7 Å². The molecule has 1 nitrogen and oxygen atoms in total. The summed E-state index contributed by atoms with van der Waals surface area (Å²) in [4.78, 5) is 2.48. The summed E-state index contributed by atoms with van der Waals surface area (Å²) >= 11 is 1.78. The maximum atomic E-state index is 6.06. The van der Waals surface area contributed by atoms with E-state index in [0.717, 1.165) is 11.5 Å². The first-order valence-corrected chi connectivity index (χ1v) is 11.8. The molecule has 5 aromatic rings. The molecule has 0 saturated carbocycles. The maximum absolute atomic E-state index is 6.06. The van der Waals surface area contributed by atoms with Crippen LogP contribution in [0.2, 0.25) is 0 Å². The molecule has 0 unspecified atom stereocenters. The molecule has 0 spiro atoms. The lowest BCUT2D eigenvalue weighted by Gasteiger charge is -2.09. The molecular formula is C31H24OS. The van der Waals surface area contributed by atoms with Gasteiger partial charge >= 0.3 is 0 Å². The van der Waals surface area contributed by atoms with Gasteiger partial charge in [-0.1, -0.05) is 96.2 Å². The smallest absolute Gasteiger partial charge is 0.127 e.